The van der Waals surface area contributed by atoms with Crippen molar-refractivity contribution in [2.45, 2.75) is 82.9 Å². The number of imide groups is 1. The number of sulfonamides is 1. The molecule has 0 bridgehead atoms. The van der Waals surface area contributed by atoms with Crippen molar-refractivity contribution in [3.8, 4) is 5.75 Å². The molecule has 18 heteroatoms. The lowest BCUT2D eigenvalue weighted by Crippen LogP contribution is -2.47. The van der Waals surface area contributed by atoms with Crippen LogP contribution in [0.2, 0.25) is 0 Å². The molecule has 1 atom stereocenters. The Labute approximate surface area is 329 Å². The standard InChI is InChI=1S/C38H45N9O7S2/c1-23-19-40-36(45-33(23)42-25-8-5-9-27(18-25)56(52,53)46-38(2,3)4)43-24-12-14-26(15-13-24)54-17-7-16-39-37(51)41-20-31-28-21-47(35(50)29(28)22-55-31)30-10-6-11-32(48)44-34(30)49/h5,8-9,12-15,18-19,22,30,46H,6-7,10-11,16-17,20-21H2,1-4H3,(H2,39,41,51)(H,44,48,49)(H2,40,42,43,45). The van der Waals surface area contributed by atoms with Crippen LogP contribution in [0, 0.1) is 6.92 Å². The zero-order valence-corrected chi connectivity index (χ0v) is 33.2. The Morgan fingerprint density at radius 1 is 1.05 bits per heavy atom. The minimum atomic E-state index is -3.71. The predicted octanol–water partition coefficient (Wildman–Crippen LogP) is 4.83. The van der Waals surface area contributed by atoms with Gasteiger partial charge in [0.2, 0.25) is 27.8 Å². The molecular formula is C38H45N9O7S2. The Hall–Kier alpha value is -5.59. The summed E-state index contributed by atoms with van der Waals surface area (Å²) in [6.45, 7) is 8.45. The van der Waals surface area contributed by atoms with Crippen molar-refractivity contribution in [3.05, 3.63) is 81.7 Å². The van der Waals surface area contributed by atoms with E-state index in [9.17, 15) is 27.6 Å². The summed E-state index contributed by atoms with van der Waals surface area (Å²) in [6.07, 6.45) is 3.44. The molecule has 296 valence electrons. The van der Waals surface area contributed by atoms with Gasteiger partial charge in [-0.05, 0) is 95.0 Å². The van der Waals surface area contributed by atoms with Gasteiger partial charge in [-0.3, -0.25) is 19.7 Å². The van der Waals surface area contributed by atoms with Crippen LogP contribution in [0.15, 0.2) is 65.0 Å². The molecule has 1 fully saturated rings. The molecular weight excluding hydrogens is 759 g/mol. The largest absolute Gasteiger partial charge is 0.494 e. The number of nitrogens with one attached hydrogen (secondary N) is 6. The first-order valence-corrected chi connectivity index (χ1v) is 20.5. The third-order valence-corrected chi connectivity index (χ3v) is 11.6. The lowest BCUT2D eigenvalue weighted by molar-refractivity contribution is -0.132. The summed E-state index contributed by atoms with van der Waals surface area (Å²) in [4.78, 5) is 61.3. The smallest absolute Gasteiger partial charge is 0.315 e. The molecule has 2 aliphatic rings. The third-order valence-electron chi connectivity index (χ3n) is 8.84. The first-order valence-electron chi connectivity index (χ1n) is 18.2. The monoisotopic (exact) mass is 803 g/mol. The number of fused-ring (bicyclic) bond motifs is 1. The van der Waals surface area contributed by atoms with E-state index < -0.39 is 27.5 Å². The first kappa shape index (κ1) is 40.1. The quantitative estimate of drug-likeness (QED) is 0.0751. The highest BCUT2D eigenvalue weighted by Gasteiger charge is 2.39. The lowest BCUT2D eigenvalue weighted by atomic mass is 10.1. The average Bonchev–Trinajstić information content (AvgIpc) is 3.63. The predicted molar refractivity (Wildman–Crippen MR) is 212 cm³/mol. The molecule has 0 aliphatic carbocycles. The first-order chi connectivity index (χ1) is 26.6. The molecule has 16 nitrogen and oxygen atoms in total. The van der Waals surface area contributed by atoms with Gasteiger partial charge in [0.1, 0.15) is 17.6 Å². The fraction of sp³-hybridized carbons (Fsp3) is 0.368. The number of rotatable bonds is 14. The summed E-state index contributed by atoms with van der Waals surface area (Å²) in [6, 6.07) is 12.7. The van der Waals surface area contributed by atoms with Crippen LogP contribution in [0.5, 0.6) is 5.75 Å². The van der Waals surface area contributed by atoms with Gasteiger partial charge in [-0.2, -0.15) is 4.98 Å². The number of nitrogens with zero attached hydrogens (tertiary/aromatic N) is 3. The van der Waals surface area contributed by atoms with E-state index in [0.717, 1.165) is 21.7 Å². The second-order valence-electron chi connectivity index (χ2n) is 14.5. The Kier molecular flexibility index (Phi) is 12.2. The van der Waals surface area contributed by atoms with Gasteiger partial charge in [0.15, 0.2) is 0 Å². The average molecular weight is 804 g/mol. The number of carbonyl (C=O) groups is 4. The highest BCUT2D eigenvalue weighted by molar-refractivity contribution is 7.89. The zero-order valence-electron chi connectivity index (χ0n) is 31.5. The number of hydrogen-bond acceptors (Lipinski definition) is 12. The Balaban J connectivity index is 0.920. The minimum Gasteiger partial charge on any atom is -0.494 e. The summed E-state index contributed by atoms with van der Waals surface area (Å²) in [5.74, 6) is 0.499. The maximum Gasteiger partial charge on any atom is 0.315 e. The van der Waals surface area contributed by atoms with Crippen LogP contribution >= 0.6 is 11.3 Å². The highest BCUT2D eigenvalue weighted by Crippen LogP contribution is 2.34. The van der Waals surface area contributed by atoms with Crippen molar-refractivity contribution >= 4 is 68.3 Å². The van der Waals surface area contributed by atoms with Gasteiger partial charge >= 0.3 is 6.03 Å². The molecule has 5 amide bonds. The number of aromatic nitrogens is 2. The van der Waals surface area contributed by atoms with Gasteiger partial charge in [-0.25, -0.2) is 22.9 Å². The number of carbonyl (C=O) groups excluding carboxylic acids is 4. The topological polar surface area (TPSA) is 213 Å². The second kappa shape index (κ2) is 17.1. The van der Waals surface area contributed by atoms with Crippen molar-refractivity contribution in [2.75, 3.05) is 23.8 Å². The lowest BCUT2D eigenvalue weighted by Gasteiger charge is -2.25. The van der Waals surface area contributed by atoms with Gasteiger partial charge < -0.3 is 30.9 Å². The molecule has 0 saturated carbocycles. The number of hydrogen-bond donors (Lipinski definition) is 6. The Morgan fingerprint density at radius 3 is 2.61 bits per heavy atom. The van der Waals surface area contributed by atoms with Crippen molar-refractivity contribution < 1.29 is 32.3 Å². The summed E-state index contributed by atoms with van der Waals surface area (Å²) in [7, 11) is -3.71. The van der Waals surface area contributed by atoms with Gasteiger partial charge in [0, 0.05) is 58.4 Å². The molecule has 0 radical (unpaired) electrons. The van der Waals surface area contributed by atoms with Crippen LogP contribution in [0.3, 0.4) is 0 Å². The zero-order chi connectivity index (χ0) is 40.0. The molecule has 0 spiro atoms. The van der Waals surface area contributed by atoms with Crippen molar-refractivity contribution in [1.82, 2.24) is 35.5 Å². The Bertz CT molecular complexity index is 2220. The molecule has 6 rings (SSSR count). The van der Waals surface area contributed by atoms with Crippen LogP contribution in [0.1, 0.15) is 72.8 Å². The van der Waals surface area contributed by atoms with E-state index in [4.69, 9.17) is 4.74 Å². The van der Waals surface area contributed by atoms with Crippen LogP contribution in [-0.4, -0.2) is 71.8 Å². The molecule has 2 aliphatic heterocycles. The maximum absolute atomic E-state index is 13.0. The molecule has 1 saturated heterocycles. The molecule has 1 unspecified atom stereocenters. The third kappa shape index (κ3) is 10.2. The summed E-state index contributed by atoms with van der Waals surface area (Å²) >= 11 is 1.39. The summed E-state index contributed by atoms with van der Waals surface area (Å²) in [5, 5.41) is 16.1. The molecule has 6 N–H and O–H groups in total. The van der Waals surface area contributed by atoms with Gasteiger partial charge in [0.05, 0.1) is 23.6 Å². The van der Waals surface area contributed by atoms with E-state index in [0.29, 0.717) is 61.2 Å². The Morgan fingerprint density at radius 2 is 1.84 bits per heavy atom. The molecule has 2 aromatic heterocycles. The molecule has 56 heavy (non-hydrogen) atoms. The van der Waals surface area contributed by atoms with E-state index in [-0.39, 0.29) is 42.3 Å². The number of aryl methyl sites for hydroxylation is 1. The van der Waals surface area contributed by atoms with Crippen LogP contribution in [-0.2, 0) is 32.7 Å². The highest BCUT2D eigenvalue weighted by atomic mass is 32.2. The van der Waals surface area contributed by atoms with Gasteiger partial charge in [-0.1, -0.05) is 6.07 Å². The normalized spacial score (nSPS) is 15.8. The van der Waals surface area contributed by atoms with E-state index in [1.165, 1.54) is 22.3 Å². The van der Waals surface area contributed by atoms with Crippen molar-refractivity contribution in [1.29, 1.82) is 0 Å². The number of amides is 5. The van der Waals surface area contributed by atoms with Gasteiger partial charge in [-0.15, -0.1) is 11.3 Å². The second-order valence-corrected chi connectivity index (χ2v) is 17.1. The molecule has 4 aromatic rings. The van der Waals surface area contributed by atoms with Crippen LogP contribution in [0.4, 0.5) is 27.9 Å². The minimum absolute atomic E-state index is 0.138. The maximum atomic E-state index is 13.0. The van der Waals surface area contributed by atoms with Crippen molar-refractivity contribution in [2.24, 2.45) is 0 Å². The number of benzene rings is 2. The van der Waals surface area contributed by atoms with E-state index in [1.807, 2.05) is 19.1 Å². The van der Waals surface area contributed by atoms with E-state index >= 15 is 0 Å². The van der Waals surface area contributed by atoms with E-state index in [2.05, 4.69) is 41.3 Å². The number of thiophene rings is 1. The number of anilines is 4. The fourth-order valence-corrected chi connectivity index (χ4v) is 8.60. The summed E-state index contributed by atoms with van der Waals surface area (Å²) in [5.41, 5.74) is 2.77. The summed E-state index contributed by atoms with van der Waals surface area (Å²) < 4.78 is 34.2. The van der Waals surface area contributed by atoms with Crippen molar-refractivity contribution in [3.63, 3.8) is 0 Å². The molecule has 2 aromatic carbocycles. The number of urea groups is 1. The van der Waals surface area contributed by atoms with Gasteiger partial charge in [0.25, 0.3) is 5.91 Å². The van der Waals surface area contributed by atoms with Crippen LogP contribution in [0.25, 0.3) is 0 Å². The number of ether oxygens (including phenoxy) is 1. The van der Waals surface area contributed by atoms with E-state index in [1.54, 1.807) is 62.7 Å². The SMILES string of the molecule is Cc1cnc(Nc2ccc(OCCCNC(=O)NCc3scc4c3CN(C3CCCC(=O)NC3=O)C4=O)cc2)nc1Nc1cccc(S(=O)(=O)NC(C)(C)C)c1. The van der Waals surface area contributed by atoms with Crippen LogP contribution < -0.4 is 36.0 Å². The molecule has 4 heterocycles. The fourth-order valence-electron chi connectivity index (χ4n) is 6.16.